The van der Waals surface area contributed by atoms with Gasteiger partial charge in [-0.15, -0.1) is 0 Å². The highest BCUT2D eigenvalue weighted by atomic mass is 19.1. The van der Waals surface area contributed by atoms with Crippen LogP contribution in [0.4, 0.5) is 4.39 Å². The smallest absolute Gasteiger partial charge is 0.311 e. The van der Waals surface area contributed by atoms with Gasteiger partial charge < -0.3 is 9.64 Å². The summed E-state index contributed by atoms with van der Waals surface area (Å²) in [5.74, 6) is -1.53. The Kier molecular flexibility index (Phi) is 5.79. The van der Waals surface area contributed by atoms with Gasteiger partial charge in [0.05, 0.1) is 11.6 Å². The van der Waals surface area contributed by atoms with E-state index < -0.39 is 17.7 Å². The zero-order valence-electron chi connectivity index (χ0n) is 17.1. The average molecular weight is 423 g/mol. The maximum absolute atomic E-state index is 13.1. The SMILES string of the molecule is Cc1ccc2nc(COC(=O)C3CCCN(C(=O)c4ccc(F)cc4)C3)cc(=O)n2c1. The van der Waals surface area contributed by atoms with Gasteiger partial charge in [0.25, 0.3) is 11.5 Å². The van der Waals surface area contributed by atoms with Crippen molar-refractivity contribution in [2.24, 2.45) is 5.92 Å². The van der Waals surface area contributed by atoms with Gasteiger partial charge in [-0.05, 0) is 55.7 Å². The summed E-state index contributed by atoms with van der Waals surface area (Å²) in [5, 5.41) is 0. The van der Waals surface area contributed by atoms with E-state index in [2.05, 4.69) is 4.98 Å². The van der Waals surface area contributed by atoms with Crippen LogP contribution in [0.5, 0.6) is 0 Å². The Morgan fingerprint density at radius 3 is 2.74 bits per heavy atom. The van der Waals surface area contributed by atoms with Gasteiger partial charge >= 0.3 is 5.97 Å². The van der Waals surface area contributed by atoms with Crippen LogP contribution in [-0.2, 0) is 16.1 Å². The summed E-state index contributed by atoms with van der Waals surface area (Å²) < 4.78 is 20.0. The summed E-state index contributed by atoms with van der Waals surface area (Å²) in [6.45, 7) is 2.54. The molecule has 2 aromatic heterocycles. The zero-order valence-corrected chi connectivity index (χ0v) is 17.1. The van der Waals surface area contributed by atoms with Gasteiger partial charge in [0.15, 0.2) is 0 Å². The van der Waals surface area contributed by atoms with E-state index in [1.54, 1.807) is 17.2 Å². The highest BCUT2D eigenvalue weighted by Gasteiger charge is 2.30. The molecule has 3 aromatic rings. The zero-order chi connectivity index (χ0) is 22.0. The molecule has 0 bridgehead atoms. The van der Waals surface area contributed by atoms with E-state index >= 15 is 0 Å². The van der Waals surface area contributed by atoms with E-state index in [1.807, 2.05) is 13.0 Å². The maximum Gasteiger partial charge on any atom is 0.311 e. The van der Waals surface area contributed by atoms with Crippen molar-refractivity contribution in [3.63, 3.8) is 0 Å². The van der Waals surface area contributed by atoms with E-state index in [0.717, 1.165) is 5.56 Å². The van der Waals surface area contributed by atoms with Gasteiger partial charge in [0.1, 0.15) is 18.1 Å². The minimum absolute atomic E-state index is 0.110. The van der Waals surface area contributed by atoms with E-state index in [1.165, 1.54) is 34.7 Å². The third-order valence-electron chi connectivity index (χ3n) is 5.36. The van der Waals surface area contributed by atoms with Gasteiger partial charge in [0, 0.05) is 30.9 Å². The molecule has 1 atom stereocenters. The maximum atomic E-state index is 13.1. The number of likely N-dealkylation sites (tertiary alicyclic amines) is 1. The number of aryl methyl sites for hydroxylation is 1. The highest BCUT2D eigenvalue weighted by Crippen LogP contribution is 2.20. The summed E-state index contributed by atoms with van der Waals surface area (Å²) in [4.78, 5) is 43.5. The fraction of sp³-hybridized carbons (Fsp3) is 0.304. The Labute approximate surface area is 178 Å². The fourth-order valence-electron chi connectivity index (χ4n) is 3.72. The number of halogens is 1. The first-order valence-electron chi connectivity index (χ1n) is 10.1. The van der Waals surface area contributed by atoms with Crippen LogP contribution in [0.15, 0.2) is 53.5 Å². The topological polar surface area (TPSA) is 81.0 Å². The summed E-state index contributed by atoms with van der Waals surface area (Å²) in [6, 6.07) is 10.3. The number of aromatic nitrogens is 2. The van der Waals surface area contributed by atoms with Crippen molar-refractivity contribution in [3.05, 3.63) is 81.7 Å². The van der Waals surface area contributed by atoms with Crippen LogP contribution in [0.1, 0.15) is 34.5 Å². The second-order valence-corrected chi connectivity index (χ2v) is 7.73. The Hall–Kier alpha value is -3.55. The summed E-state index contributed by atoms with van der Waals surface area (Å²) in [6.07, 6.45) is 2.98. The molecule has 0 radical (unpaired) electrons. The molecule has 0 N–H and O–H groups in total. The van der Waals surface area contributed by atoms with Crippen LogP contribution in [0.2, 0.25) is 0 Å². The normalized spacial score (nSPS) is 16.3. The van der Waals surface area contributed by atoms with Gasteiger partial charge in [-0.2, -0.15) is 0 Å². The molecular weight excluding hydrogens is 401 g/mol. The lowest BCUT2D eigenvalue weighted by Gasteiger charge is -2.31. The molecule has 1 aliphatic heterocycles. The van der Waals surface area contributed by atoms with Gasteiger partial charge in [0.2, 0.25) is 0 Å². The largest absolute Gasteiger partial charge is 0.459 e. The van der Waals surface area contributed by atoms with E-state index in [9.17, 15) is 18.8 Å². The predicted octanol–water partition coefficient (Wildman–Crippen LogP) is 2.74. The lowest BCUT2D eigenvalue weighted by molar-refractivity contribution is -0.151. The predicted molar refractivity (Wildman–Crippen MR) is 111 cm³/mol. The Morgan fingerprint density at radius 2 is 1.97 bits per heavy atom. The molecule has 1 fully saturated rings. The van der Waals surface area contributed by atoms with Crippen LogP contribution in [-0.4, -0.2) is 39.3 Å². The number of hydrogen-bond acceptors (Lipinski definition) is 5. The summed E-state index contributed by atoms with van der Waals surface area (Å²) >= 11 is 0. The number of esters is 1. The number of nitrogens with zero attached hydrogens (tertiary/aromatic N) is 3. The molecule has 4 rings (SSSR count). The molecule has 8 heteroatoms. The first-order chi connectivity index (χ1) is 14.9. The second-order valence-electron chi connectivity index (χ2n) is 7.73. The number of benzene rings is 1. The highest BCUT2D eigenvalue weighted by molar-refractivity contribution is 5.94. The van der Waals surface area contributed by atoms with Crippen molar-refractivity contribution in [1.82, 2.24) is 14.3 Å². The lowest BCUT2D eigenvalue weighted by atomic mass is 9.97. The monoisotopic (exact) mass is 423 g/mol. The molecule has 160 valence electrons. The molecule has 31 heavy (non-hydrogen) atoms. The van der Waals surface area contributed by atoms with E-state index in [-0.39, 0.29) is 24.6 Å². The van der Waals surface area contributed by atoms with Crippen LogP contribution in [0, 0.1) is 18.7 Å². The Morgan fingerprint density at radius 1 is 1.19 bits per heavy atom. The van der Waals surface area contributed by atoms with Crippen LogP contribution in [0.3, 0.4) is 0 Å². The van der Waals surface area contributed by atoms with Gasteiger partial charge in [-0.1, -0.05) is 6.07 Å². The Bertz CT molecular complexity index is 1190. The molecule has 1 amide bonds. The molecule has 3 heterocycles. The van der Waals surface area contributed by atoms with Crippen molar-refractivity contribution >= 4 is 17.5 Å². The number of rotatable bonds is 4. The van der Waals surface area contributed by atoms with Gasteiger partial charge in [-0.3, -0.25) is 18.8 Å². The van der Waals surface area contributed by atoms with E-state index in [4.69, 9.17) is 4.74 Å². The standard InChI is InChI=1S/C23H22FN3O4/c1-15-4-9-20-25-19(11-21(28)27(20)12-15)14-31-23(30)17-3-2-10-26(13-17)22(29)16-5-7-18(24)8-6-16/h4-9,11-12,17H,2-3,10,13-14H2,1H3. The number of fused-ring (bicyclic) bond motifs is 1. The first kappa shape index (κ1) is 20.7. The molecule has 1 unspecified atom stereocenters. The summed E-state index contributed by atoms with van der Waals surface area (Å²) in [5.41, 5.74) is 1.93. The minimum atomic E-state index is -0.456. The third kappa shape index (κ3) is 4.63. The third-order valence-corrected chi connectivity index (χ3v) is 5.36. The number of carbonyl (C=O) groups is 2. The van der Waals surface area contributed by atoms with Gasteiger partial charge in [-0.25, -0.2) is 9.37 Å². The number of hydrogen-bond donors (Lipinski definition) is 0. The first-order valence-corrected chi connectivity index (χ1v) is 10.1. The average Bonchev–Trinajstić information content (AvgIpc) is 2.78. The molecule has 7 nitrogen and oxygen atoms in total. The van der Waals surface area contributed by atoms with Crippen LogP contribution < -0.4 is 5.56 Å². The van der Waals surface area contributed by atoms with Crippen molar-refractivity contribution in [1.29, 1.82) is 0 Å². The van der Waals surface area contributed by atoms with Crippen molar-refractivity contribution in [2.75, 3.05) is 13.1 Å². The second kappa shape index (κ2) is 8.67. The van der Waals surface area contributed by atoms with Crippen molar-refractivity contribution in [2.45, 2.75) is 26.4 Å². The molecule has 0 aliphatic carbocycles. The number of piperidine rings is 1. The molecule has 0 spiro atoms. The fourth-order valence-corrected chi connectivity index (χ4v) is 3.72. The minimum Gasteiger partial charge on any atom is -0.459 e. The molecule has 1 aliphatic rings. The number of pyridine rings is 1. The molecule has 1 aromatic carbocycles. The number of ether oxygens (including phenoxy) is 1. The number of carbonyl (C=O) groups excluding carboxylic acids is 2. The quantitative estimate of drug-likeness (QED) is 0.603. The lowest BCUT2D eigenvalue weighted by Crippen LogP contribution is -2.42. The van der Waals surface area contributed by atoms with Crippen molar-refractivity contribution in [3.8, 4) is 0 Å². The van der Waals surface area contributed by atoms with Crippen LogP contribution in [0.25, 0.3) is 5.65 Å². The van der Waals surface area contributed by atoms with Crippen LogP contribution >= 0.6 is 0 Å². The Balaban J connectivity index is 1.40. The molecule has 1 saturated heterocycles. The summed E-state index contributed by atoms with van der Waals surface area (Å²) in [7, 11) is 0. The van der Waals surface area contributed by atoms with E-state index in [0.29, 0.717) is 36.3 Å². The molecule has 0 saturated carbocycles. The number of amides is 1. The molecular formula is C23H22FN3O4. The van der Waals surface area contributed by atoms with Crippen molar-refractivity contribution < 1.29 is 18.7 Å².